The van der Waals surface area contributed by atoms with Gasteiger partial charge in [-0.2, -0.15) is 0 Å². The van der Waals surface area contributed by atoms with E-state index in [0.29, 0.717) is 18.7 Å². The number of carbonyl (C=O) groups excluding carboxylic acids is 1. The summed E-state index contributed by atoms with van der Waals surface area (Å²) in [7, 11) is 0. The number of anilines is 2. The monoisotopic (exact) mass is 256 g/mol. The Labute approximate surface area is 110 Å². The molecule has 0 spiro atoms. The molecule has 1 N–H and O–H groups in total. The topological polar surface area (TPSA) is 32.3 Å². The van der Waals surface area contributed by atoms with Crippen molar-refractivity contribution in [3.8, 4) is 0 Å². The summed E-state index contributed by atoms with van der Waals surface area (Å²) in [5, 5.41) is 3.25. The minimum absolute atomic E-state index is 0.103. The summed E-state index contributed by atoms with van der Waals surface area (Å²) in [6.45, 7) is 1.32. The standard InChI is InChI=1S/C15H13FN2O/c16-12-7-5-11(6-8-12)15(19)18-10-9-17-13-3-1-2-4-14(13)18/h1-8,17H,9-10H2. The SMILES string of the molecule is O=C(c1ccc(F)cc1)N1CCNc2ccccc21. The van der Waals surface area contributed by atoms with E-state index in [1.165, 1.54) is 24.3 Å². The van der Waals surface area contributed by atoms with Crippen LogP contribution in [0.2, 0.25) is 0 Å². The number of para-hydroxylation sites is 2. The van der Waals surface area contributed by atoms with Crippen LogP contribution in [0.3, 0.4) is 0 Å². The molecular formula is C15H13FN2O. The maximum Gasteiger partial charge on any atom is 0.258 e. The number of benzene rings is 2. The maximum absolute atomic E-state index is 12.9. The molecule has 0 atom stereocenters. The van der Waals surface area contributed by atoms with Gasteiger partial charge >= 0.3 is 0 Å². The second-order valence-electron chi connectivity index (χ2n) is 4.41. The Kier molecular flexibility index (Phi) is 2.91. The predicted octanol–water partition coefficient (Wildman–Crippen LogP) is 2.90. The molecule has 96 valence electrons. The van der Waals surface area contributed by atoms with Gasteiger partial charge in [0.2, 0.25) is 0 Å². The number of fused-ring (bicyclic) bond motifs is 1. The fraction of sp³-hybridized carbons (Fsp3) is 0.133. The number of halogens is 1. The lowest BCUT2D eigenvalue weighted by molar-refractivity contribution is 0.0987. The Bertz CT molecular complexity index is 610. The third-order valence-electron chi connectivity index (χ3n) is 3.18. The predicted molar refractivity (Wildman–Crippen MR) is 73.0 cm³/mol. The highest BCUT2D eigenvalue weighted by molar-refractivity contribution is 6.08. The summed E-state index contributed by atoms with van der Waals surface area (Å²) in [6, 6.07) is 13.3. The van der Waals surface area contributed by atoms with Crippen molar-refractivity contribution in [2.45, 2.75) is 0 Å². The maximum atomic E-state index is 12.9. The smallest absolute Gasteiger partial charge is 0.258 e. The van der Waals surface area contributed by atoms with E-state index in [9.17, 15) is 9.18 Å². The average molecular weight is 256 g/mol. The van der Waals surface area contributed by atoms with Gasteiger partial charge in [0.05, 0.1) is 11.4 Å². The number of hydrogen-bond acceptors (Lipinski definition) is 2. The van der Waals surface area contributed by atoms with Crippen molar-refractivity contribution >= 4 is 17.3 Å². The molecule has 19 heavy (non-hydrogen) atoms. The summed E-state index contributed by atoms with van der Waals surface area (Å²) in [6.07, 6.45) is 0. The van der Waals surface area contributed by atoms with Crippen LogP contribution >= 0.6 is 0 Å². The Morgan fingerprint density at radius 3 is 2.63 bits per heavy atom. The highest BCUT2D eigenvalue weighted by atomic mass is 19.1. The second-order valence-corrected chi connectivity index (χ2v) is 4.41. The summed E-state index contributed by atoms with van der Waals surface area (Å²) in [5.74, 6) is -0.439. The van der Waals surface area contributed by atoms with Crippen molar-refractivity contribution in [1.29, 1.82) is 0 Å². The lowest BCUT2D eigenvalue weighted by Crippen LogP contribution is -2.38. The van der Waals surface area contributed by atoms with Crippen LogP contribution in [0.25, 0.3) is 0 Å². The summed E-state index contributed by atoms with van der Waals surface area (Å²) in [5.41, 5.74) is 2.31. The van der Waals surface area contributed by atoms with Gasteiger partial charge in [-0.05, 0) is 36.4 Å². The molecule has 0 aliphatic carbocycles. The molecule has 0 saturated carbocycles. The van der Waals surface area contributed by atoms with Crippen LogP contribution in [0.5, 0.6) is 0 Å². The molecule has 3 rings (SSSR count). The molecule has 0 saturated heterocycles. The van der Waals surface area contributed by atoms with E-state index in [4.69, 9.17) is 0 Å². The Morgan fingerprint density at radius 1 is 1.11 bits per heavy atom. The number of hydrogen-bond donors (Lipinski definition) is 1. The van der Waals surface area contributed by atoms with Crippen molar-refractivity contribution in [2.75, 3.05) is 23.3 Å². The molecule has 0 bridgehead atoms. The summed E-state index contributed by atoms with van der Waals surface area (Å²) in [4.78, 5) is 14.2. The van der Waals surface area contributed by atoms with Gasteiger partial charge in [-0.1, -0.05) is 12.1 Å². The number of carbonyl (C=O) groups is 1. The van der Waals surface area contributed by atoms with Crippen molar-refractivity contribution in [1.82, 2.24) is 0 Å². The highest BCUT2D eigenvalue weighted by Crippen LogP contribution is 2.29. The van der Waals surface area contributed by atoms with E-state index < -0.39 is 0 Å². The first-order valence-electron chi connectivity index (χ1n) is 6.16. The zero-order valence-corrected chi connectivity index (χ0v) is 10.3. The Balaban J connectivity index is 1.95. The molecule has 3 nitrogen and oxygen atoms in total. The third-order valence-corrected chi connectivity index (χ3v) is 3.18. The number of amides is 1. The fourth-order valence-electron chi connectivity index (χ4n) is 2.24. The summed E-state index contributed by atoms with van der Waals surface area (Å²) < 4.78 is 12.9. The minimum atomic E-state index is -0.336. The number of rotatable bonds is 1. The zero-order chi connectivity index (χ0) is 13.2. The van der Waals surface area contributed by atoms with E-state index in [1.807, 2.05) is 24.3 Å². The van der Waals surface area contributed by atoms with E-state index in [1.54, 1.807) is 4.90 Å². The van der Waals surface area contributed by atoms with Crippen LogP contribution in [0.15, 0.2) is 48.5 Å². The van der Waals surface area contributed by atoms with Crippen LogP contribution in [0, 0.1) is 5.82 Å². The van der Waals surface area contributed by atoms with Crippen molar-refractivity contribution < 1.29 is 9.18 Å². The molecule has 1 amide bonds. The Hall–Kier alpha value is -2.36. The molecule has 2 aromatic carbocycles. The molecule has 0 fully saturated rings. The molecule has 0 aromatic heterocycles. The molecule has 1 aliphatic heterocycles. The van der Waals surface area contributed by atoms with Gasteiger partial charge in [0.1, 0.15) is 5.82 Å². The van der Waals surface area contributed by atoms with Crippen molar-refractivity contribution in [3.05, 3.63) is 59.9 Å². The van der Waals surface area contributed by atoms with Crippen molar-refractivity contribution in [3.63, 3.8) is 0 Å². The highest BCUT2D eigenvalue weighted by Gasteiger charge is 2.22. The van der Waals surface area contributed by atoms with Crippen LogP contribution in [-0.4, -0.2) is 19.0 Å². The van der Waals surface area contributed by atoms with Gasteiger partial charge in [-0.25, -0.2) is 4.39 Å². The van der Waals surface area contributed by atoms with E-state index in [-0.39, 0.29) is 11.7 Å². The molecule has 1 aliphatic rings. The molecule has 1 heterocycles. The quantitative estimate of drug-likeness (QED) is 0.850. The van der Waals surface area contributed by atoms with Gasteiger partial charge in [0.15, 0.2) is 0 Å². The molecule has 0 radical (unpaired) electrons. The van der Waals surface area contributed by atoms with Gasteiger partial charge in [0, 0.05) is 18.7 Å². The summed E-state index contributed by atoms with van der Waals surface area (Å²) >= 11 is 0. The average Bonchev–Trinajstić information content (AvgIpc) is 2.47. The second kappa shape index (κ2) is 4.72. The number of nitrogens with one attached hydrogen (secondary N) is 1. The van der Waals surface area contributed by atoms with Crippen LogP contribution in [0.1, 0.15) is 10.4 Å². The van der Waals surface area contributed by atoms with E-state index in [0.717, 1.165) is 11.4 Å². The van der Waals surface area contributed by atoms with Crippen LogP contribution < -0.4 is 10.2 Å². The normalized spacial score (nSPS) is 13.6. The minimum Gasteiger partial charge on any atom is -0.382 e. The largest absolute Gasteiger partial charge is 0.382 e. The fourth-order valence-corrected chi connectivity index (χ4v) is 2.24. The Morgan fingerprint density at radius 2 is 1.84 bits per heavy atom. The van der Waals surface area contributed by atoms with Crippen LogP contribution in [-0.2, 0) is 0 Å². The lowest BCUT2D eigenvalue weighted by atomic mass is 10.1. The first-order valence-corrected chi connectivity index (χ1v) is 6.16. The third kappa shape index (κ3) is 2.17. The molecule has 0 unspecified atom stereocenters. The van der Waals surface area contributed by atoms with E-state index in [2.05, 4.69) is 5.32 Å². The van der Waals surface area contributed by atoms with E-state index >= 15 is 0 Å². The molecule has 2 aromatic rings. The number of nitrogens with zero attached hydrogens (tertiary/aromatic N) is 1. The van der Waals surface area contributed by atoms with Gasteiger partial charge in [-0.3, -0.25) is 4.79 Å². The first-order chi connectivity index (χ1) is 9.25. The molecule has 4 heteroatoms. The van der Waals surface area contributed by atoms with Gasteiger partial charge < -0.3 is 10.2 Å². The van der Waals surface area contributed by atoms with Gasteiger partial charge in [0.25, 0.3) is 5.91 Å². The lowest BCUT2D eigenvalue weighted by Gasteiger charge is -2.30. The van der Waals surface area contributed by atoms with Gasteiger partial charge in [-0.15, -0.1) is 0 Å². The van der Waals surface area contributed by atoms with Crippen molar-refractivity contribution in [2.24, 2.45) is 0 Å². The molecular weight excluding hydrogens is 243 g/mol. The zero-order valence-electron chi connectivity index (χ0n) is 10.3. The first kappa shape index (κ1) is 11.7. The van der Waals surface area contributed by atoms with Crippen LogP contribution in [0.4, 0.5) is 15.8 Å².